The summed E-state index contributed by atoms with van der Waals surface area (Å²) in [5.41, 5.74) is 2.85. The highest BCUT2D eigenvalue weighted by Crippen LogP contribution is 2.40. The van der Waals surface area contributed by atoms with E-state index in [-0.39, 0.29) is 12.0 Å². The van der Waals surface area contributed by atoms with E-state index in [0.29, 0.717) is 24.1 Å². The second-order valence-corrected chi connectivity index (χ2v) is 11.1. The molecule has 0 saturated carbocycles. The average molecular weight is 566 g/mol. The number of carbonyl (C=O) groups is 2. The Bertz CT molecular complexity index is 1460. The number of benzene rings is 1. The summed E-state index contributed by atoms with van der Waals surface area (Å²) in [6, 6.07) is 9.46. The third kappa shape index (κ3) is 5.57. The number of carbonyl (C=O) groups excluding carboxylic acids is 2. The maximum atomic E-state index is 12.6. The fourth-order valence-electron chi connectivity index (χ4n) is 4.80. The summed E-state index contributed by atoms with van der Waals surface area (Å²) in [5.74, 6) is 0.516. The van der Waals surface area contributed by atoms with Crippen molar-refractivity contribution in [3.8, 4) is 22.6 Å². The summed E-state index contributed by atoms with van der Waals surface area (Å²) in [5, 5.41) is 6.88. The minimum Gasteiger partial charge on any atom is -0.466 e. The molecule has 1 aliphatic rings. The van der Waals surface area contributed by atoms with Crippen molar-refractivity contribution in [2.24, 2.45) is 5.41 Å². The van der Waals surface area contributed by atoms with Gasteiger partial charge in [-0.05, 0) is 57.4 Å². The molecule has 3 aromatic heterocycles. The predicted molar refractivity (Wildman–Crippen MR) is 155 cm³/mol. The highest BCUT2D eigenvalue weighted by Gasteiger charge is 2.41. The minimum atomic E-state index is -0.424. The topological polar surface area (TPSA) is 122 Å². The van der Waals surface area contributed by atoms with Crippen LogP contribution >= 0.6 is 22.9 Å². The second kappa shape index (κ2) is 11.6. The number of urea groups is 1. The van der Waals surface area contributed by atoms with Gasteiger partial charge in [0.15, 0.2) is 11.0 Å². The number of thiazole rings is 1. The van der Waals surface area contributed by atoms with E-state index in [9.17, 15) is 9.59 Å². The molecule has 0 unspecified atom stereocenters. The fourth-order valence-corrected chi connectivity index (χ4v) is 6.51. The van der Waals surface area contributed by atoms with Crippen LogP contribution in [-0.4, -0.2) is 57.6 Å². The molecule has 0 spiro atoms. The summed E-state index contributed by atoms with van der Waals surface area (Å²) < 4.78 is 11.0. The van der Waals surface area contributed by atoms with E-state index < -0.39 is 5.41 Å². The number of ether oxygens (including phenoxy) is 1. The number of esters is 1. The Labute approximate surface area is 235 Å². The number of rotatable bonds is 8. The van der Waals surface area contributed by atoms with Crippen molar-refractivity contribution < 1.29 is 14.3 Å². The van der Waals surface area contributed by atoms with Gasteiger partial charge in [0.05, 0.1) is 27.9 Å². The molecule has 204 valence electrons. The van der Waals surface area contributed by atoms with Crippen molar-refractivity contribution in [1.29, 1.82) is 0 Å². The van der Waals surface area contributed by atoms with Crippen LogP contribution in [0.4, 0.5) is 15.1 Å². The predicted octanol–water partition coefficient (Wildman–Crippen LogP) is 5.58. The number of fused-ring (bicyclic) bond motifs is 1. The Hall–Kier alpha value is -3.64. The molecule has 12 heteroatoms. The molecule has 4 heterocycles. The SMILES string of the molecule is CCNC(=O)Nc1nc2cc(-c3nsc(N4CCC(CC)(C(=O)OCC)CC4)n3)cc(-c3ccccn3)c2s1. The van der Waals surface area contributed by atoms with Crippen LogP contribution in [0.15, 0.2) is 36.5 Å². The molecule has 4 aromatic rings. The third-order valence-electron chi connectivity index (χ3n) is 7.04. The van der Waals surface area contributed by atoms with Crippen LogP contribution in [0.5, 0.6) is 0 Å². The molecule has 0 bridgehead atoms. The van der Waals surface area contributed by atoms with Crippen LogP contribution in [0.2, 0.25) is 0 Å². The van der Waals surface area contributed by atoms with Gasteiger partial charge in [0, 0.05) is 48.5 Å². The molecule has 1 saturated heterocycles. The Kier molecular flexibility index (Phi) is 8.03. The fraction of sp³-hybridized carbons (Fsp3) is 0.407. The summed E-state index contributed by atoms with van der Waals surface area (Å²) in [6.07, 6.45) is 3.98. The molecule has 5 rings (SSSR count). The van der Waals surface area contributed by atoms with Gasteiger partial charge in [-0.3, -0.25) is 15.1 Å². The molecule has 1 aromatic carbocycles. The van der Waals surface area contributed by atoms with Crippen molar-refractivity contribution in [2.75, 3.05) is 36.5 Å². The zero-order chi connectivity index (χ0) is 27.4. The van der Waals surface area contributed by atoms with E-state index >= 15 is 0 Å². The first-order valence-corrected chi connectivity index (χ1v) is 14.7. The van der Waals surface area contributed by atoms with Gasteiger partial charge in [0.25, 0.3) is 0 Å². The lowest BCUT2D eigenvalue weighted by Crippen LogP contribution is -2.45. The lowest BCUT2D eigenvalue weighted by Gasteiger charge is -2.39. The standard InChI is InChI=1S/C27H31N7O3S2/c1-4-27(23(35)37-6-3)10-13-34(14-11-27)26-31-22(33-39-26)17-15-18(19-9-7-8-12-29-19)21-20(16-17)30-25(38-21)32-24(36)28-5-2/h7-9,12,15-16H,4-6,10-11,13-14H2,1-3H3,(H2,28,30,32,36). The Morgan fingerprint density at radius 3 is 2.64 bits per heavy atom. The van der Waals surface area contributed by atoms with Crippen molar-refractivity contribution in [2.45, 2.75) is 40.0 Å². The Morgan fingerprint density at radius 2 is 1.95 bits per heavy atom. The zero-order valence-corrected chi connectivity index (χ0v) is 23.8. The largest absolute Gasteiger partial charge is 0.466 e. The number of nitrogens with zero attached hydrogens (tertiary/aromatic N) is 5. The molecular formula is C27H31N7O3S2. The van der Waals surface area contributed by atoms with Gasteiger partial charge >= 0.3 is 12.0 Å². The van der Waals surface area contributed by atoms with Crippen molar-refractivity contribution in [1.82, 2.24) is 24.6 Å². The maximum absolute atomic E-state index is 12.6. The van der Waals surface area contributed by atoms with E-state index in [1.807, 2.05) is 44.2 Å². The number of anilines is 2. The summed E-state index contributed by atoms with van der Waals surface area (Å²) in [7, 11) is 0. The highest BCUT2D eigenvalue weighted by atomic mass is 32.1. The molecule has 1 fully saturated rings. The molecule has 0 radical (unpaired) electrons. The van der Waals surface area contributed by atoms with E-state index in [4.69, 9.17) is 9.72 Å². The summed E-state index contributed by atoms with van der Waals surface area (Å²) >= 11 is 2.76. The van der Waals surface area contributed by atoms with Crippen LogP contribution in [0.25, 0.3) is 32.9 Å². The van der Waals surface area contributed by atoms with E-state index in [1.54, 1.807) is 6.20 Å². The number of nitrogens with one attached hydrogen (secondary N) is 2. The van der Waals surface area contributed by atoms with Gasteiger partial charge in [-0.1, -0.05) is 24.3 Å². The Morgan fingerprint density at radius 1 is 1.13 bits per heavy atom. The third-order valence-corrected chi connectivity index (χ3v) is 8.84. The molecule has 10 nitrogen and oxygen atoms in total. The summed E-state index contributed by atoms with van der Waals surface area (Å²) in [4.78, 5) is 41.0. The number of hydrogen-bond donors (Lipinski definition) is 2. The van der Waals surface area contributed by atoms with Gasteiger partial charge < -0.3 is 15.0 Å². The smallest absolute Gasteiger partial charge is 0.321 e. The van der Waals surface area contributed by atoms with Crippen LogP contribution in [-0.2, 0) is 9.53 Å². The molecule has 0 aliphatic carbocycles. The van der Waals surface area contributed by atoms with Crippen LogP contribution in [0.3, 0.4) is 0 Å². The van der Waals surface area contributed by atoms with Gasteiger partial charge in [0.2, 0.25) is 5.13 Å². The van der Waals surface area contributed by atoms with Gasteiger partial charge in [-0.25, -0.2) is 9.78 Å². The van der Waals surface area contributed by atoms with Crippen molar-refractivity contribution in [3.05, 3.63) is 36.5 Å². The van der Waals surface area contributed by atoms with Crippen LogP contribution in [0, 0.1) is 5.41 Å². The quantitative estimate of drug-likeness (QED) is 0.266. The second-order valence-electron chi connectivity index (χ2n) is 9.33. The average Bonchev–Trinajstić information content (AvgIpc) is 3.60. The van der Waals surface area contributed by atoms with E-state index in [0.717, 1.165) is 64.5 Å². The zero-order valence-electron chi connectivity index (χ0n) is 22.2. The molecular weight excluding hydrogens is 534 g/mol. The number of piperidine rings is 1. The number of aromatic nitrogens is 4. The first kappa shape index (κ1) is 26.9. The number of pyridine rings is 1. The maximum Gasteiger partial charge on any atom is 0.321 e. The summed E-state index contributed by atoms with van der Waals surface area (Å²) in [6.45, 7) is 8.14. The Balaban J connectivity index is 1.44. The minimum absolute atomic E-state index is 0.0928. The van der Waals surface area contributed by atoms with Crippen LogP contribution < -0.4 is 15.5 Å². The molecule has 2 amide bonds. The first-order chi connectivity index (χ1) is 19.0. The van der Waals surface area contributed by atoms with Gasteiger partial charge in [0.1, 0.15) is 0 Å². The molecule has 1 aliphatic heterocycles. The monoisotopic (exact) mass is 565 g/mol. The number of amides is 2. The van der Waals surface area contributed by atoms with Crippen molar-refractivity contribution >= 4 is 55.3 Å². The highest BCUT2D eigenvalue weighted by molar-refractivity contribution is 7.22. The first-order valence-electron chi connectivity index (χ1n) is 13.1. The van der Waals surface area contributed by atoms with Crippen LogP contribution in [0.1, 0.15) is 40.0 Å². The molecule has 39 heavy (non-hydrogen) atoms. The van der Waals surface area contributed by atoms with Gasteiger partial charge in [-0.15, -0.1) is 0 Å². The number of hydrogen-bond acceptors (Lipinski definition) is 10. The molecule has 0 atom stereocenters. The van der Waals surface area contributed by atoms with E-state index in [1.165, 1.54) is 22.9 Å². The van der Waals surface area contributed by atoms with E-state index in [2.05, 4.69) is 36.8 Å². The van der Waals surface area contributed by atoms with Gasteiger partial charge in [-0.2, -0.15) is 9.36 Å². The normalized spacial score (nSPS) is 14.8. The lowest BCUT2D eigenvalue weighted by molar-refractivity contribution is -0.157. The lowest BCUT2D eigenvalue weighted by atomic mass is 9.76. The molecule has 2 N–H and O–H groups in total. The van der Waals surface area contributed by atoms with Crippen molar-refractivity contribution in [3.63, 3.8) is 0 Å².